The van der Waals surface area contributed by atoms with E-state index in [-0.39, 0.29) is 5.75 Å². The van der Waals surface area contributed by atoms with Crippen LogP contribution in [0.15, 0.2) is 0 Å². The maximum Gasteiger partial charge on any atom is 0.265 e. The number of hydrogen-bond donors (Lipinski definition) is 1. The van der Waals surface area contributed by atoms with Gasteiger partial charge in [-0.1, -0.05) is 129 Å². The Labute approximate surface area is 208 Å². The molecule has 0 saturated heterocycles. The SMILES string of the molecule is CCCCCCCCCCCCCCCCCCCCCCC[N+](C)(C)CCCS(=O)(=O)O. The molecule has 0 spiro atoms. The van der Waals surface area contributed by atoms with E-state index in [9.17, 15) is 8.42 Å². The summed E-state index contributed by atoms with van der Waals surface area (Å²) in [5.74, 6) is -0.117. The molecule has 0 saturated carbocycles. The monoisotopic (exact) mass is 490 g/mol. The molecule has 0 amide bonds. The van der Waals surface area contributed by atoms with Crippen LogP contribution in [0.25, 0.3) is 0 Å². The fraction of sp³-hybridized carbons (Fsp3) is 1.00. The highest BCUT2D eigenvalue weighted by Crippen LogP contribution is 2.15. The Morgan fingerprint density at radius 3 is 1.06 bits per heavy atom. The van der Waals surface area contributed by atoms with Gasteiger partial charge in [-0.3, -0.25) is 4.55 Å². The van der Waals surface area contributed by atoms with Gasteiger partial charge < -0.3 is 4.48 Å². The third-order valence-electron chi connectivity index (χ3n) is 7.03. The zero-order chi connectivity index (χ0) is 24.7. The van der Waals surface area contributed by atoms with E-state index in [1.165, 1.54) is 135 Å². The molecule has 0 aliphatic heterocycles. The van der Waals surface area contributed by atoms with Gasteiger partial charge in [0.15, 0.2) is 0 Å². The van der Waals surface area contributed by atoms with Crippen LogP contribution < -0.4 is 0 Å². The summed E-state index contributed by atoms with van der Waals surface area (Å²) in [6.07, 6.45) is 30.0. The van der Waals surface area contributed by atoms with Crippen LogP contribution in [0.3, 0.4) is 0 Å². The topological polar surface area (TPSA) is 54.4 Å². The fourth-order valence-electron chi connectivity index (χ4n) is 4.76. The van der Waals surface area contributed by atoms with Gasteiger partial charge in [0.05, 0.1) is 32.9 Å². The lowest BCUT2D eigenvalue weighted by Gasteiger charge is -2.29. The molecule has 5 heteroatoms. The smallest absolute Gasteiger partial charge is 0.265 e. The first kappa shape index (κ1) is 32.9. The third kappa shape index (κ3) is 28.0. The lowest BCUT2D eigenvalue weighted by Crippen LogP contribution is -2.41. The van der Waals surface area contributed by atoms with Gasteiger partial charge in [0.1, 0.15) is 0 Å². The summed E-state index contributed by atoms with van der Waals surface area (Å²) in [6.45, 7) is 4.18. The van der Waals surface area contributed by atoms with Crippen molar-refractivity contribution in [2.45, 2.75) is 148 Å². The molecule has 0 rings (SSSR count). The van der Waals surface area contributed by atoms with Gasteiger partial charge in [-0.15, -0.1) is 0 Å². The standard InChI is InChI=1S/C28H59NO3S/c1-4-5-6-7-8-9-10-11-12-13-14-15-16-17-18-19-20-21-22-23-24-26-29(2,3)27-25-28-33(30,31)32/h4-28H2,1-3H3/p+1. The van der Waals surface area contributed by atoms with Crippen molar-refractivity contribution in [2.75, 3.05) is 32.9 Å². The van der Waals surface area contributed by atoms with E-state index >= 15 is 0 Å². The lowest BCUT2D eigenvalue weighted by atomic mass is 10.0. The van der Waals surface area contributed by atoms with Crippen LogP contribution >= 0.6 is 0 Å². The molecule has 0 fully saturated rings. The van der Waals surface area contributed by atoms with E-state index in [2.05, 4.69) is 21.0 Å². The molecule has 0 aliphatic carbocycles. The first-order chi connectivity index (χ1) is 15.8. The molecule has 0 heterocycles. The van der Waals surface area contributed by atoms with Crippen molar-refractivity contribution >= 4 is 10.1 Å². The zero-order valence-electron chi connectivity index (χ0n) is 22.8. The highest BCUT2D eigenvalue weighted by molar-refractivity contribution is 7.85. The minimum Gasteiger partial charge on any atom is -0.328 e. The summed E-state index contributed by atoms with van der Waals surface area (Å²) in [6, 6.07) is 0. The van der Waals surface area contributed by atoms with Crippen molar-refractivity contribution < 1.29 is 17.5 Å². The second kappa shape index (κ2) is 22.3. The fourth-order valence-corrected chi connectivity index (χ4v) is 5.25. The lowest BCUT2D eigenvalue weighted by molar-refractivity contribution is -0.890. The Morgan fingerprint density at radius 2 is 0.758 bits per heavy atom. The number of unbranched alkanes of at least 4 members (excludes halogenated alkanes) is 20. The Kier molecular flexibility index (Phi) is 22.3. The second-order valence-electron chi connectivity index (χ2n) is 11.1. The number of rotatable bonds is 26. The normalized spacial score (nSPS) is 12.5. The van der Waals surface area contributed by atoms with Gasteiger partial charge in [-0.25, -0.2) is 0 Å². The van der Waals surface area contributed by atoms with Gasteiger partial charge in [-0.2, -0.15) is 8.42 Å². The Hall–Kier alpha value is -0.130. The minimum absolute atomic E-state index is 0.117. The summed E-state index contributed by atoms with van der Waals surface area (Å²) >= 11 is 0. The Balaban J connectivity index is 3.24. The molecule has 0 aromatic carbocycles. The first-order valence-electron chi connectivity index (χ1n) is 14.5. The van der Waals surface area contributed by atoms with Crippen LogP contribution in [-0.4, -0.2) is 50.4 Å². The van der Waals surface area contributed by atoms with Crippen LogP contribution in [-0.2, 0) is 10.1 Å². The van der Waals surface area contributed by atoms with E-state index in [0.717, 1.165) is 17.6 Å². The van der Waals surface area contributed by atoms with E-state index < -0.39 is 10.1 Å². The van der Waals surface area contributed by atoms with E-state index in [1.54, 1.807) is 0 Å². The van der Waals surface area contributed by atoms with E-state index in [4.69, 9.17) is 4.55 Å². The maximum absolute atomic E-state index is 10.8. The van der Waals surface area contributed by atoms with Crippen LogP contribution in [0.4, 0.5) is 0 Å². The average Bonchev–Trinajstić information content (AvgIpc) is 2.73. The zero-order valence-corrected chi connectivity index (χ0v) is 23.6. The molecule has 1 N–H and O–H groups in total. The molecule has 0 radical (unpaired) electrons. The molecule has 0 aliphatic rings. The number of quaternary nitrogens is 1. The van der Waals surface area contributed by atoms with Crippen LogP contribution in [0.1, 0.15) is 148 Å². The summed E-state index contributed by atoms with van der Waals surface area (Å²) in [5, 5.41) is 0. The van der Waals surface area contributed by atoms with Gasteiger partial charge >= 0.3 is 0 Å². The number of nitrogens with zero attached hydrogens (tertiary/aromatic N) is 1. The summed E-state index contributed by atoms with van der Waals surface area (Å²) < 4.78 is 31.3. The van der Waals surface area contributed by atoms with Crippen molar-refractivity contribution in [3.63, 3.8) is 0 Å². The predicted octanol–water partition coefficient (Wildman–Crippen LogP) is 8.55. The molecular formula is C28H60NO3S+. The van der Waals surface area contributed by atoms with Crippen LogP contribution in [0.2, 0.25) is 0 Å². The minimum atomic E-state index is -3.81. The molecule has 0 atom stereocenters. The molecule has 33 heavy (non-hydrogen) atoms. The number of hydrogen-bond acceptors (Lipinski definition) is 2. The quantitative estimate of drug-likeness (QED) is 0.0750. The molecular weight excluding hydrogens is 430 g/mol. The largest absolute Gasteiger partial charge is 0.328 e. The summed E-state index contributed by atoms with van der Waals surface area (Å²) in [4.78, 5) is 0. The van der Waals surface area contributed by atoms with Crippen LogP contribution in [0, 0.1) is 0 Å². The molecule has 4 nitrogen and oxygen atoms in total. The van der Waals surface area contributed by atoms with Crippen molar-refractivity contribution in [1.29, 1.82) is 0 Å². The van der Waals surface area contributed by atoms with Crippen molar-refractivity contribution in [1.82, 2.24) is 0 Å². The van der Waals surface area contributed by atoms with Crippen molar-refractivity contribution in [3.05, 3.63) is 0 Å². The molecule has 200 valence electrons. The maximum atomic E-state index is 10.8. The van der Waals surface area contributed by atoms with Gasteiger partial charge in [0.2, 0.25) is 0 Å². The van der Waals surface area contributed by atoms with Crippen molar-refractivity contribution in [3.8, 4) is 0 Å². The molecule has 0 aromatic heterocycles. The Bertz CT molecular complexity index is 505. The van der Waals surface area contributed by atoms with Gasteiger partial charge in [0.25, 0.3) is 10.1 Å². The highest BCUT2D eigenvalue weighted by atomic mass is 32.2. The van der Waals surface area contributed by atoms with E-state index in [1.807, 2.05) is 0 Å². The predicted molar refractivity (Wildman–Crippen MR) is 146 cm³/mol. The highest BCUT2D eigenvalue weighted by Gasteiger charge is 2.16. The van der Waals surface area contributed by atoms with Crippen molar-refractivity contribution in [2.24, 2.45) is 0 Å². The average molecular weight is 491 g/mol. The third-order valence-corrected chi connectivity index (χ3v) is 7.84. The van der Waals surface area contributed by atoms with E-state index in [0.29, 0.717) is 6.42 Å². The molecule has 0 unspecified atom stereocenters. The Morgan fingerprint density at radius 1 is 0.485 bits per heavy atom. The van der Waals surface area contributed by atoms with Gasteiger partial charge in [-0.05, 0) is 12.8 Å². The summed E-state index contributed by atoms with van der Waals surface area (Å²) in [7, 11) is 0.494. The van der Waals surface area contributed by atoms with Gasteiger partial charge in [0, 0.05) is 6.42 Å². The molecule has 0 aromatic rings. The van der Waals surface area contributed by atoms with Crippen LogP contribution in [0.5, 0.6) is 0 Å². The molecule has 0 bridgehead atoms. The summed E-state index contributed by atoms with van der Waals surface area (Å²) in [5.41, 5.74) is 0. The second-order valence-corrected chi connectivity index (χ2v) is 12.7. The first-order valence-corrected chi connectivity index (χ1v) is 16.1.